The molecule has 8 heteroatoms. The molecule has 1 heterocycles. The summed E-state index contributed by atoms with van der Waals surface area (Å²) in [6.07, 6.45) is 1.48. The van der Waals surface area contributed by atoms with Crippen LogP contribution in [0, 0.1) is 5.82 Å². The fourth-order valence-electron chi connectivity index (χ4n) is 2.36. The first kappa shape index (κ1) is 21.1. The van der Waals surface area contributed by atoms with E-state index in [4.69, 9.17) is 9.15 Å². The molecule has 2 N–H and O–H groups in total. The minimum atomic E-state index is -0.918. The van der Waals surface area contributed by atoms with Crippen molar-refractivity contribution in [3.8, 4) is 0 Å². The number of esters is 1. The molecule has 0 aliphatic heterocycles. The second kappa shape index (κ2) is 10.9. The molecule has 2 aromatic rings. The van der Waals surface area contributed by atoms with Crippen LogP contribution in [-0.2, 0) is 20.7 Å². The Hall–Kier alpha value is -3.16. The Bertz CT molecular complexity index is 774. The number of furan rings is 1. The van der Waals surface area contributed by atoms with Gasteiger partial charge in [0.2, 0.25) is 0 Å². The van der Waals surface area contributed by atoms with Crippen LogP contribution in [0.5, 0.6) is 0 Å². The zero-order valence-electron chi connectivity index (χ0n) is 15.6. The van der Waals surface area contributed by atoms with Gasteiger partial charge in [-0.1, -0.05) is 12.1 Å². The van der Waals surface area contributed by atoms with Crippen LogP contribution in [0.2, 0.25) is 0 Å². The molecule has 150 valence electrons. The molecular formula is C20H23FN2O5. The molecule has 2 amide bonds. The number of benzene rings is 1. The van der Waals surface area contributed by atoms with Crippen LogP contribution < -0.4 is 10.6 Å². The Morgan fingerprint density at radius 2 is 1.86 bits per heavy atom. The molecule has 2 rings (SSSR count). The summed E-state index contributed by atoms with van der Waals surface area (Å²) in [6, 6.07) is 9.17. The summed E-state index contributed by atoms with van der Waals surface area (Å²) in [5.41, 5.74) is 0.892. The van der Waals surface area contributed by atoms with Crippen molar-refractivity contribution in [1.82, 2.24) is 10.6 Å². The first-order valence-corrected chi connectivity index (χ1v) is 8.99. The van der Waals surface area contributed by atoms with Crippen molar-refractivity contribution in [3.63, 3.8) is 0 Å². The highest BCUT2D eigenvalue weighted by molar-refractivity contribution is 5.91. The molecule has 0 radical (unpaired) electrons. The molecule has 0 saturated heterocycles. The summed E-state index contributed by atoms with van der Waals surface area (Å²) in [5, 5.41) is 5.29. The molecule has 0 aliphatic rings. The zero-order chi connectivity index (χ0) is 20.4. The summed E-state index contributed by atoms with van der Waals surface area (Å²) in [5.74, 6) is -1.38. The second-order valence-corrected chi connectivity index (χ2v) is 6.14. The highest BCUT2D eigenvalue weighted by Gasteiger charge is 2.17. The normalized spacial score (nSPS) is 11.5. The van der Waals surface area contributed by atoms with E-state index in [0.717, 1.165) is 5.56 Å². The third-order valence-electron chi connectivity index (χ3n) is 3.89. The fourth-order valence-corrected chi connectivity index (χ4v) is 2.36. The molecule has 7 nitrogen and oxygen atoms in total. The zero-order valence-corrected chi connectivity index (χ0v) is 15.6. The van der Waals surface area contributed by atoms with Gasteiger partial charge in [-0.2, -0.15) is 0 Å². The Balaban J connectivity index is 1.58. The standard InChI is InChI=1S/C20H23FN2O5/c1-14(19(25)23-12-10-15-6-8-16(21)9-7-15)28-18(24)5-2-11-22-20(26)17-4-3-13-27-17/h3-4,6-9,13-14H,2,5,10-12H2,1H3,(H,22,26)(H,23,25). The highest BCUT2D eigenvalue weighted by Crippen LogP contribution is 2.04. The van der Waals surface area contributed by atoms with Gasteiger partial charge < -0.3 is 19.8 Å². The number of nitrogens with one attached hydrogen (secondary N) is 2. The van der Waals surface area contributed by atoms with Crippen molar-refractivity contribution in [1.29, 1.82) is 0 Å². The van der Waals surface area contributed by atoms with E-state index in [1.807, 2.05) is 0 Å². The smallest absolute Gasteiger partial charge is 0.306 e. The first-order valence-electron chi connectivity index (χ1n) is 8.99. The minimum absolute atomic E-state index is 0.0750. The molecule has 1 unspecified atom stereocenters. The largest absolute Gasteiger partial charge is 0.459 e. The van der Waals surface area contributed by atoms with Crippen molar-refractivity contribution >= 4 is 17.8 Å². The van der Waals surface area contributed by atoms with Crippen molar-refractivity contribution in [2.45, 2.75) is 32.3 Å². The predicted octanol–water partition coefficient (Wildman–Crippen LogP) is 2.22. The van der Waals surface area contributed by atoms with Crippen LogP contribution in [0.3, 0.4) is 0 Å². The van der Waals surface area contributed by atoms with E-state index < -0.39 is 18.0 Å². The lowest BCUT2D eigenvalue weighted by Crippen LogP contribution is -2.37. The lowest BCUT2D eigenvalue weighted by molar-refractivity contribution is -0.154. The van der Waals surface area contributed by atoms with E-state index >= 15 is 0 Å². The van der Waals surface area contributed by atoms with E-state index in [1.54, 1.807) is 24.3 Å². The molecule has 1 atom stereocenters. The van der Waals surface area contributed by atoms with Gasteiger partial charge in [-0.3, -0.25) is 14.4 Å². The summed E-state index contributed by atoms with van der Waals surface area (Å²) < 4.78 is 22.9. The van der Waals surface area contributed by atoms with E-state index in [0.29, 0.717) is 19.4 Å². The quantitative estimate of drug-likeness (QED) is 0.479. The first-order chi connectivity index (χ1) is 13.5. The van der Waals surface area contributed by atoms with Crippen LogP contribution in [0.15, 0.2) is 47.1 Å². The number of halogens is 1. The molecule has 1 aromatic carbocycles. The van der Waals surface area contributed by atoms with Crippen molar-refractivity contribution in [2.24, 2.45) is 0 Å². The Labute approximate surface area is 162 Å². The summed E-state index contributed by atoms with van der Waals surface area (Å²) >= 11 is 0. The van der Waals surface area contributed by atoms with E-state index in [9.17, 15) is 18.8 Å². The van der Waals surface area contributed by atoms with Crippen LogP contribution >= 0.6 is 0 Å². The average Bonchev–Trinajstić information content (AvgIpc) is 3.21. The van der Waals surface area contributed by atoms with Gasteiger partial charge in [-0.15, -0.1) is 0 Å². The van der Waals surface area contributed by atoms with Gasteiger partial charge in [0.15, 0.2) is 11.9 Å². The summed E-state index contributed by atoms with van der Waals surface area (Å²) in [7, 11) is 0. The molecule has 28 heavy (non-hydrogen) atoms. The van der Waals surface area contributed by atoms with Gasteiger partial charge in [0.05, 0.1) is 6.26 Å². The number of carbonyl (C=O) groups is 3. The second-order valence-electron chi connectivity index (χ2n) is 6.14. The number of hydrogen-bond acceptors (Lipinski definition) is 5. The van der Waals surface area contributed by atoms with Crippen LogP contribution in [0.25, 0.3) is 0 Å². The number of rotatable bonds is 10. The lowest BCUT2D eigenvalue weighted by Gasteiger charge is -2.13. The lowest BCUT2D eigenvalue weighted by atomic mass is 10.1. The monoisotopic (exact) mass is 390 g/mol. The molecule has 0 spiro atoms. The molecule has 0 bridgehead atoms. The van der Waals surface area contributed by atoms with Gasteiger partial charge in [-0.05, 0) is 49.6 Å². The van der Waals surface area contributed by atoms with Gasteiger partial charge >= 0.3 is 5.97 Å². The summed E-state index contributed by atoms with van der Waals surface area (Å²) in [4.78, 5) is 35.4. The van der Waals surface area contributed by atoms with Gasteiger partial charge in [0.25, 0.3) is 11.8 Å². The van der Waals surface area contributed by atoms with Crippen molar-refractivity contribution in [2.75, 3.05) is 13.1 Å². The Kier molecular flexibility index (Phi) is 8.20. The maximum Gasteiger partial charge on any atom is 0.306 e. The minimum Gasteiger partial charge on any atom is -0.459 e. The maximum absolute atomic E-state index is 12.8. The molecule has 0 fully saturated rings. The van der Waals surface area contributed by atoms with Crippen molar-refractivity contribution in [3.05, 3.63) is 59.8 Å². The van der Waals surface area contributed by atoms with E-state index in [2.05, 4.69) is 10.6 Å². The van der Waals surface area contributed by atoms with Crippen LogP contribution in [0.4, 0.5) is 4.39 Å². The van der Waals surface area contributed by atoms with Crippen molar-refractivity contribution < 1.29 is 27.9 Å². The van der Waals surface area contributed by atoms with Crippen LogP contribution in [-0.4, -0.2) is 37.0 Å². The summed E-state index contributed by atoms with van der Waals surface area (Å²) in [6.45, 7) is 2.13. The fraction of sp³-hybridized carbons (Fsp3) is 0.350. The molecule has 0 saturated carbocycles. The Morgan fingerprint density at radius 1 is 1.11 bits per heavy atom. The molecule has 0 aliphatic carbocycles. The third kappa shape index (κ3) is 7.22. The van der Waals surface area contributed by atoms with E-state index in [-0.39, 0.29) is 30.5 Å². The van der Waals surface area contributed by atoms with Crippen LogP contribution in [0.1, 0.15) is 35.9 Å². The van der Waals surface area contributed by atoms with E-state index in [1.165, 1.54) is 25.3 Å². The highest BCUT2D eigenvalue weighted by atomic mass is 19.1. The number of amides is 2. The molecular weight excluding hydrogens is 367 g/mol. The maximum atomic E-state index is 12.8. The van der Waals surface area contributed by atoms with Gasteiger partial charge in [-0.25, -0.2) is 4.39 Å². The predicted molar refractivity (Wildman–Crippen MR) is 98.9 cm³/mol. The van der Waals surface area contributed by atoms with Gasteiger partial charge in [0, 0.05) is 19.5 Å². The number of ether oxygens (including phenoxy) is 1. The topological polar surface area (TPSA) is 97.6 Å². The third-order valence-corrected chi connectivity index (χ3v) is 3.89. The SMILES string of the molecule is CC(OC(=O)CCCNC(=O)c1ccco1)C(=O)NCCc1ccc(F)cc1. The number of hydrogen-bond donors (Lipinski definition) is 2. The average molecular weight is 390 g/mol. The Morgan fingerprint density at radius 3 is 2.54 bits per heavy atom. The van der Waals surface area contributed by atoms with Gasteiger partial charge in [0.1, 0.15) is 5.82 Å². The molecule has 1 aromatic heterocycles. The number of carbonyl (C=O) groups excluding carboxylic acids is 3.